The lowest BCUT2D eigenvalue weighted by molar-refractivity contribution is 0.156. The summed E-state index contributed by atoms with van der Waals surface area (Å²) in [5, 5.41) is 3.32. The Balaban J connectivity index is 0.00000128. The van der Waals surface area contributed by atoms with Gasteiger partial charge in [0.05, 0.1) is 7.11 Å². The highest BCUT2D eigenvalue weighted by molar-refractivity contribution is 5.85. The summed E-state index contributed by atoms with van der Waals surface area (Å²) in [4.78, 5) is 0. The van der Waals surface area contributed by atoms with Crippen LogP contribution in [0.4, 0.5) is 0 Å². The van der Waals surface area contributed by atoms with Gasteiger partial charge in [0.2, 0.25) is 0 Å². The van der Waals surface area contributed by atoms with Gasteiger partial charge in [-0.1, -0.05) is 12.1 Å². The van der Waals surface area contributed by atoms with Gasteiger partial charge >= 0.3 is 0 Å². The molecule has 0 saturated carbocycles. The minimum atomic E-state index is 0. The van der Waals surface area contributed by atoms with E-state index in [1.54, 1.807) is 7.11 Å². The molecule has 1 N–H and O–H groups in total. The molecule has 0 atom stereocenters. The Hall–Kier alpha value is -0.930. The van der Waals surface area contributed by atoms with E-state index in [-0.39, 0.29) is 12.4 Å². The maximum absolute atomic E-state index is 5.91. The van der Waals surface area contributed by atoms with E-state index in [1.165, 1.54) is 0 Å². The molecule has 0 radical (unpaired) electrons. The largest absolute Gasteiger partial charge is 0.493 e. The predicted octanol–water partition coefficient (Wildman–Crippen LogP) is 2.25. The molecule has 1 fully saturated rings. The first kappa shape index (κ1) is 13.1. The molecule has 1 heterocycles. The van der Waals surface area contributed by atoms with Crippen molar-refractivity contribution >= 4 is 12.4 Å². The van der Waals surface area contributed by atoms with Gasteiger partial charge in [0.1, 0.15) is 6.10 Å². The SMILES string of the molecule is COc1ccccc1OC1CCNCC1.Cl. The van der Waals surface area contributed by atoms with Gasteiger partial charge in [0.25, 0.3) is 0 Å². The third-order valence-corrected chi connectivity index (χ3v) is 2.65. The lowest BCUT2D eigenvalue weighted by Crippen LogP contribution is -2.34. The van der Waals surface area contributed by atoms with Crippen molar-refractivity contribution in [2.24, 2.45) is 0 Å². The van der Waals surface area contributed by atoms with Gasteiger partial charge in [-0.05, 0) is 38.1 Å². The molecular formula is C12H18ClNO2. The van der Waals surface area contributed by atoms with Crippen LogP contribution in [0.1, 0.15) is 12.8 Å². The third kappa shape index (κ3) is 3.29. The number of hydrogen-bond acceptors (Lipinski definition) is 3. The normalized spacial score (nSPS) is 16.3. The zero-order chi connectivity index (χ0) is 10.5. The number of ether oxygens (including phenoxy) is 2. The molecule has 1 aromatic carbocycles. The summed E-state index contributed by atoms with van der Waals surface area (Å²) in [6, 6.07) is 7.81. The van der Waals surface area contributed by atoms with Crippen molar-refractivity contribution in [3.05, 3.63) is 24.3 Å². The lowest BCUT2D eigenvalue weighted by Gasteiger charge is -2.24. The minimum Gasteiger partial charge on any atom is -0.493 e. The average molecular weight is 244 g/mol. The third-order valence-electron chi connectivity index (χ3n) is 2.65. The van der Waals surface area contributed by atoms with Gasteiger partial charge in [0, 0.05) is 0 Å². The lowest BCUT2D eigenvalue weighted by atomic mass is 10.1. The zero-order valence-electron chi connectivity index (χ0n) is 9.44. The summed E-state index contributed by atoms with van der Waals surface area (Å²) in [6.45, 7) is 2.08. The van der Waals surface area contributed by atoms with E-state index in [2.05, 4.69) is 5.32 Å². The Labute approximate surface area is 103 Å². The van der Waals surface area contributed by atoms with Crippen LogP contribution in [0.2, 0.25) is 0 Å². The summed E-state index contributed by atoms with van der Waals surface area (Å²) in [6.07, 6.45) is 2.46. The fourth-order valence-corrected chi connectivity index (χ4v) is 1.81. The quantitative estimate of drug-likeness (QED) is 0.883. The van der Waals surface area contributed by atoms with Gasteiger partial charge in [-0.15, -0.1) is 12.4 Å². The van der Waals surface area contributed by atoms with Crippen LogP contribution in [0, 0.1) is 0 Å². The number of benzene rings is 1. The van der Waals surface area contributed by atoms with Crippen molar-refractivity contribution < 1.29 is 9.47 Å². The van der Waals surface area contributed by atoms with Crippen LogP contribution < -0.4 is 14.8 Å². The van der Waals surface area contributed by atoms with Crippen molar-refractivity contribution in [2.75, 3.05) is 20.2 Å². The molecule has 0 aromatic heterocycles. The standard InChI is InChI=1S/C12H17NO2.ClH/c1-14-11-4-2-3-5-12(11)15-10-6-8-13-9-7-10;/h2-5,10,13H,6-9H2,1H3;1H. The maximum Gasteiger partial charge on any atom is 0.161 e. The monoisotopic (exact) mass is 243 g/mol. The highest BCUT2D eigenvalue weighted by atomic mass is 35.5. The van der Waals surface area contributed by atoms with E-state index in [4.69, 9.17) is 9.47 Å². The summed E-state index contributed by atoms with van der Waals surface area (Å²) in [5.74, 6) is 1.67. The number of para-hydroxylation sites is 2. The summed E-state index contributed by atoms with van der Waals surface area (Å²) in [7, 11) is 1.67. The summed E-state index contributed by atoms with van der Waals surface area (Å²) in [5.41, 5.74) is 0. The molecule has 0 unspecified atom stereocenters. The molecule has 16 heavy (non-hydrogen) atoms. The van der Waals surface area contributed by atoms with Crippen LogP contribution in [0.25, 0.3) is 0 Å². The van der Waals surface area contributed by atoms with Crippen molar-refractivity contribution in [2.45, 2.75) is 18.9 Å². The summed E-state index contributed by atoms with van der Waals surface area (Å²) < 4.78 is 11.2. The smallest absolute Gasteiger partial charge is 0.161 e. The van der Waals surface area contributed by atoms with Gasteiger partial charge in [-0.25, -0.2) is 0 Å². The fraction of sp³-hybridized carbons (Fsp3) is 0.500. The summed E-state index contributed by atoms with van der Waals surface area (Å²) >= 11 is 0. The Morgan fingerprint density at radius 1 is 1.12 bits per heavy atom. The van der Waals surface area contributed by atoms with E-state index >= 15 is 0 Å². The topological polar surface area (TPSA) is 30.5 Å². The Bertz CT molecular complexity index is 314. The van der Waals surface area contributed by atoms with E-state index in [0.29, 0.717) is 6.10 Å². The number of nitrogens with one attached hydrogen (secondary N) is 1. The van der Waals surface area contributed by atoms with Crippen LogP contribution in [0.15, 0.2) is 24.3 Å². The average Bonchev–Trinajstić information content (AvgIpc) is 2.31. The Morgan fingerprint density at radius 3 is 2.38 bits per heavy atom. The first-order valence-corrected chi connectivity index (χ1v) is 5.40. The highest BCUT2D eigenvalue weighted by Crippen LogP contribution is 2.28. The molecular weight excluding hydrogens is 226 g/mol. The molecule has 2 rings (SSSR count). The number of rotatable bonds is 3. The van der Waals surface area contributed by atoms with Gasteiger partial charge in [-0.2, -0.15) is 0 Å². The molecule has 90 valence electrons. The Kier molecular flexibility index (Phi) is 5.43. The van der Waals surface area contributed by atoms with Crippen LogP contribution in [0.3, 0.4) is 0 Å². The van der Waals surface area contributed by atoms with E-state index in [9.17, 15) is 0 Å². The van der Waals surface area contributed by atoms with Crippen LogP contribution in [-0.2, 0) is 0 Å². The predicted molar refractivity (Wildman–Crippen MR) is 66.8 cm³/mol. The van der Waals surface area contributed by atoms with Crippen molar-refractivity contribution in [3.8, 4) is 11.5 Å². The van der Waals surface area contributed by atoms with Gasteiger partial charge in [0.15, 0.2) is 11.5 Å². The van der Waals surface area contributed by atoms with Crippen molar-refractivity contribution in [3.63, 3.8) is 0 Å². The molecule has 0 spiro atoms. The Morgan fingerprint density at radius 2 is 1.75 bits per heavy atom. The molecule has 1 aromatic rings. The van der Waals surface area contributed by atoms with Crippen molar-refractivity contribution in [1.82, 2.24) is 5.32 Å². The second-order valence-electron chi connectivity index (χ2n) is 3.72. The number of methoxy groups -OCH3 is 1. The van der Waals surface area contributed by atoms with Gasteiger partial charge < -0.3 is 14.8 Å². The molecule has 0 bridgehead atoms. The molecule has 0 amide bonds. The van der Waals surface area contributed by atoms with Crippen LogP contribution in [-0.4, -0.2) is 26.3 Å². The van der Waals surface area contributed by atoms with E-state index in [0.717, 1.165) is 37.4 Å². The second kappa shape index (κ2) is 6.61. The second-order valence-corrected chi connectivity index (χ2v) is 3.72. The number of hydrogen-bond donors (Lipinski definition) is 1. The van der Waals surface area contributed by atoms with Crippen LogP contribution in [0.5, 0.6) is 11.5 Å². The molecule has 1 aliphatic rings. The van der Waals surface area contributed by atoms with E-state index in [1.807, 2.05) is 24.3 Å². The molecule has 1 saturated heterocycles. The molecule has 3 nitrogen and oxygen atoms in total. The number of piperidine rings is 1. The molecule has 0 aliphatic carbocycles. The zero-order valence-corrected chi connectivity index (χ0v) is 10.3. The number of halogens is 1. The molecule has 1 aliphatic heterocycles. The van der Waals surface area contributed by atoms with E-state index < -0.39 is 0 Å². The highest BCUT2D eigenvalue weighted by Gasteiger charge is 2.15. The molecule has 4 heteroatoms. The van der Waals surface area contributed by atoms with Crippen molar-refractivity contribution in [1.29, 1.82) is 0 Å². The fourth-order valence-electron chi connectivity index (χ4n) is 1.81. The van der Waals surface area contributed by atoms with Crippen LogP contribution >= 0.6 is 12.4 Å². The first-order valence-electron chi connectivity index (χ1n) is 5.40. The van der Waals surface area contributed by atoms with Gasteiger partial charge in [-0.3, -0.25) is 0 Å². The first-order chi connectivity index (χ1) is 7.40. The minimum absolute atomic E-state index is 0. The maximum atomic E-state index is 5.91.